The second kappa shape index (κ2) is 9.29. The molecule has 0 aliphatic heterocycles. The zero-order valence-electron chi connectivity index (χ0n) is 17.1. The van der Waals surface area contributed by atoms with Crippen molar-refractivity contribution >= 4 is 23.6 Å². The number of ether oxygens (including phenoxy) is 3. The number of nitrogens with two attached hydrogens (primary N) is 1. The molecule has 0 amide bonds. The summed E-state index contributed by atoms with van der Waals surface area (Å²) in [6, 6.07) is 13.2. The highest BCUT2D eigenvalue weighted by Gasteiger charge is 2.13. The predicted octanol–water partition coefficient (Wildman–Crippen LogP) is 2.82. The Labute approximate surface area is 179 Å². The first-order valence-electron chi connectivity index (χ1n) is 9.91. The number of hydrogen-bond acceptors (Lipinski definition) is 9. The summed E-state index contributed by atoms with van der Waals surface area (Å²) in [6.45, 7) is -0.356. The highest BCUT2D eigenvalue weighted by Crippen LogP contribution is 2.27. The van der Waals surface area contributed by atoms with E-state index in [2.05, 4.69) is 20.3 Å². The quantitative estimate of drug-likeness (QED) is 0.529. The van der Waals surface area contributed by atoms with Gasteiger partial charge in [-0.25, -0.2) is 4.79 Å². The van der Waals surface area contributed by atoms with Crippen LogP contribution < -0.4 is 20.5 Å². The molecule has 0 spiro atoms. The van der Waals surface area contributed by atoms with Gasteiger partial charge in [0.15, 0.2) is 19.0 Å². The van der Waals surface area contributed by atoms with Crippen LogP contribution in [-0.2, 0) is 29.0 Å². The van der Waals surface area contributed by atoms with E-state index in [0.717, 1.165) is 19.3 Å². The molecule has 1 aliphatic carbocycles. The second-order valence-electron chi connectivity index (χ2n) is 6.99. The fraction of sp³-hybridized carbons (Fsp3) is 0.273. The SMILES string of the molecule is COc1ccccc1Nc1nc(N)nc(COC(=O)COc2ccc3c(c2)CCC3)n1. The predicted molar refractivity (Wildman–Crippen MR) is 114 cm³/mol. The molecular weight excluding hydrogens is 398 g/mol. The minimum absolute atomic E-state index is 0.00726. The number of aryl methyl sites for hydroxylation is 2. The number of nitrogens with zero attached hydrogens (tertiary/aromatic N) is 3. The van der Waals surface area contributed by atoms with Crippen LogP contribution in [0.5, 0.6) is 11.5 Å². The fourth-order valence-corrected chi connectivity index (χ4v) is 3.39. The summed E-state index contributed by atoms with van der Waals surface area (Å²) in [7, 11) is 1.57. The number of benzene rings is 2. The smallest absolute Gasteiger partial charge is 0.344 e. The topological polar surface area (TPSA) is 121 Å². The number of rotatable bonds is 8. The Morgan fingerprint density at radius 2 is 1.94 bits per heavy atom. The molecule has 1 heterocycles. The fourth-order valence-electron chi connectivity index (χ4n) is 3.39. The van der Waals surface area contributed by atoms with Gasteiger partial charge in [-0.1, -0.05) is 18.2 Å². The van der Waals surface area contributed by atoms with Crippen LogP contribution >= 0.6 is 0 Å². The zero-order chi connectivity index (χ0) is 21.6. The standard InChI is InChI=1S/C22H23N5O4/c1-29-18-8-3-2-7-17(18)24-22-26-19(25-21(23)27-22)12-31-20(28)13-30-16-10-9-14-5-4-6-15(14)11-16/h2-3,7-11H,4-6,12-13H2,1H3,(H3,23,24,25,26,27). The molecule has 0 radical (unpaired) electrons. The van der Waals surface area contributed by atoms with Gasteiger partial charge >= 0.3 is 5.97 Å². The molecule has 0 saturated carbocycles. The number of nitrogen functional groups attached to an aromatic ring is 1. The zero-order valence-corrected chi connectivity index (χ0v) is 17.1. The first kappa shape index (κ1) is 20.4. The summed E-state index contributed by atoms with van der Waals surface area (Å²) in [5.74, 6) is 1.20. The van der Waals surface area contributed by atoms with Gasteiger partial charge in [-0.05, 0) is 54.7 Å². The average Bonchev–Trinajstić information content (AvgIpc) is 3.24. The molecule has 0 fully saturated rings. The lowest BCUT2D eigenvalue weighted by Gasteiger charge is -2.11. The average molecular weight is 421 g/mol. The van der Waals surface area contributed by atoms with Gasteiger partial charge in [0.05, 0.1) is 12.8 Å². The number of methoxy groups -OCH3 is 1. The Morgan fingerprint density at radius 1 is 1.10 bits per heavy atom. The van der Waals surface area contributed by atoms with Crippen molar-refractivity contribution < 1.29 is 19.0 Å². The summed E-state index contributed by atoms with van der Waals surface area (Å²) >= 11 is 0. The van der Waals surface area contributed by atoms with Gasteiger partial charge in [0, 0.05) is 0 Å². The van der Waals surface area contributed by atoms with Crippen molar-refractivity contribution in [2.24, 2.45) is 0 Å². The van der Waals surface area contributed by atoms with Crippen LogP contribution in [0.25, 0.3) is 0 Å². The van der Waals surface area contributed by atoms with E-state index in [9.17, 15) is 4.79 Å². The number of para-hydroxylation sites is 2. The Hall–Kier alpha value is -3.88. The third-order valence-electron chi connectivity index (χ3n) is 4.84. The third kappa shape index (κ3) is 5.19. The number of nitrogens with one attached hydrogen (secondary N) is 1. The lowest BCUT2D eigenvalue weighted by molar-refractivity contribution is -0.147. The first-order valence-corrected chi connectivity index (χ1v) is 9.91. The molecule has 31 heavy (non-hydrogen) atoms. The summed E-state index contributed by atoms with van der Waals surface area (Å²) in [4.78, 5) is 24.4. The molecule has 160 valence electrons. The molecule has 0 bridgehead atoms. The van der Waals surface area contributed by atoms with Crippen molar-refractivity contribution in [3.63, 3.8) is 0 Å². The highest BCUT2D eigenvalue weighted by atomic mass is 16.6. The van der Waals surface area contributed by atoms with Gasteiger partial charge in [-0.2, -0.15) is 15.0 Å². The van der Waals surface area contributed by atoms with E-state index in [0.29, 0.717) is 17.2 Å². The summed E-state index contributed by atoms with van der Waals surface area (Å²) in [6.07, 6.45) is 3.30. The van der Waals surface area contributed by atoms with E-state index < -0.39 is 5.97 Å². The van der Waals surface area contributed by atoms with Gasteiger partial charge in [0.2, 0.25) is 11.9 Å². The van der Waals surface area contributed by atoms with Crippen LogP contribution in [0, 0.1) is 0 Å². The van der Waals surface area contributed by atoms with E-state index in [1.54, 1.807) is 13.2 Å². The van der Waals surface area contributed by atoms with E-state index in [-0.39, 0.29) is 30.9 Å². The van der Waals surface area contributed by atoms with E-state index in [1.807, 2.05) is 36.4 Å². The van der Waals surface area contributed by atoms with Gasteiger partial charge in [0.1, 0.15) is 11.5 Å². The number of carbonyl (C=O) groups excluding carboxylic acids is 1. The van der Waals surface area contributed by atoms with Crippen LogP contribution in [0.3, 0.4) is 0 Å². The Balaban J connectivity index is 1.33. The van der Waals surface area contributed by atoms with Crippen LogP contribution in [-0.4, -0.2) is 34.6 Å². The maximum absolute atomic E-state index is 12.1. The van der Waals surface area contributed by atoms with E-state index in [1.165, 1.54) is 11.1 Å². The molecule has 4 rings (SSSR count). The number of fused-ring (bicyclic) bond motifs is 1. The molecule has 1 aliphatic rings. The van der Waals surface area contributed by atoms with Crippen LogP contribution in [0.4, 0.5) is 17.6 Å². The van der Waals surface area contributed by atoms with Gasteiger partial charge in [0.25, 0.3) is 0 Å². The molecule has 0 unspecified atom stereocenters. The minimum atomic E-state index is -0.529. The Kier molecular flexibility index (Phi) is 6.11. The lowest BCUT2D eigenvalue weighted by Crippen LogP contribution is -2.16. The molecule has 1 aromatic heterocycles. The summed E-state index contributed by atoms with van der Waals surface area (Å²) in [5, 5.41) is 3.03. The summed E-state index contributed by atoms with van der Waals surface area (Å²) < 4.78 is 16.1. The second-order valence-corrected chi connectivity index (χ2v) is 6.99. The van der Waals surface area contributed by atoms with Crippen molar-refractivity contribution in [1.29, 1.82) is 0 Å². The minimum Gasteiger partial charge on any atom is -0.495 e. The molecule has 9 nitrogen and oxygen atoms in total. The maximum Gasteiger partial charge on any atom is 0.344 e. The number of aromatic nitrogens is 3. The molecular formula is C22H23N5O4. The van der Waals surface area contributed by atoms with Crippen molar-refractivity contribution in [2.75, 3.05) is 24.8 Å². The van der Waals surface area contributed by atoms with Crippen LogP contribution in [0.15, 0.2) is 42.5 Å². The van der Waals surface area contributed by atoms with Crippen LogP contribution in [0.2, 0.25) is 0 Å². The molecule has 9 heteroatoms. The molecule has 0 saturated heterocycles. The molecule has 3 aromatic rings. The highest BCUT2D eigenvalue weighted by molar-refractivity contribution is 5.71. The first-order chi connectivity index (χ1) is 15.1. The van der Waals surface area contributed by atoms with Gasteiger partial charge in [-0.15, -0.1) is 0 Å². The van der Waals surface area contributed by atoms with Crippen molar-refractivity contribution in [3.8, 4) is 11.5 Å². The third-order valence-corrected chi connectivity index (χ3v) is 4.84. The Morgan fingerprint density at radius 3 is 2.81 bits per heavy atom. The number of hydrogen-bond donors (Lipinski definition) is 2. The molecule has 2 aromatic carbocycles. The molecule has 0 atom stereocenters. The van der Waals surface area contributed by atoms with Crippen molar-refractivity contribution in [3.05, 3.63) is 59.4 Å². The van der Waals surface area contributed by atoms with E-state index in [4.69, 9.17) is 19.9 Å². The van der Waals surface area contributed by atoms with Gasteiger partial charge < -0.3 is 25.3 Å². The maximum atomic E-state index is 12.1. The Bertz CT molecular complexity index is 1090. The lowest BCUT2D eigenvalue weighted by atomic mass is 10.1. The van der Waals surface area contributed by atoms with Crippen LogP contribution in [0.1, 0.15) is 23.4 Å². The van der Waals surface area contributed by atoms with E-state index >= 15 is 0 Å². The summed E-state index contributed by atoms with van der Waals surface area (Å²) in [5.41, 5.74) is 9.06. The number of esters is 1. The monoisotopic (exact) mass is 421 g/mol. The number of anilines is 3. The van der Waals surface area contributed by atoms with Crippen molar-refractivity contribution in [2.45, 2.75) is 25.9 Å². The van der Waals surface area contributed by atoms with Gasteiger partial charge in [-0.3, -0.25) is 0 Å². The largest absolute Gasteiger partial charge is 0.495 e. The number of carbonyl (C=O) groups is 1. The van der Waals surface area contributed by atoms with Crippen molar-refractivity contribution in [1.82, 2.24) is 15.0 Å². The normalized spacial score (nSPS) is 12.2. The molecule has 3 N–H and O–H groups in total.